The Morgan fingerprint density at radius 3 is 2.61 bits per heavy atom. The third kappa shape index (κ3) is 3.75. The highest BCUT2D eigenvalue weighted by Crippen LogP contribution is 2.47. The van der Waals surface area contributed by atoms with E-state index in [0.717, 1.165) is 25.3 Å². The van der Waals surface area contributed by atoms with Crippen molar-refractivity contribution in [2.45, 2.75) is 25.2 Å². The second-order valence-electron chi connectivity index (χ2n) is 9.13. The van der Waals surface area contributed by atoms with Crippen LogP contribution in [0.2, 0.25) is 0 Å². The van der Waals surface area contributed by atoms with Crippen LogP contribution in [0.5, 0.6) is 11.6 Å². The van der Waals surface area contributed by atoms with E-state index in [9.17, 15) is 20.1 Å². The summed E-state index contributed by atoms with van der Waals surface area (Å²) in [5.41, 5.74) is 8.30. The van der Waals surface area contributed by atoms with Crippen LogP contribution >= 0.6 is 0 Å². The Bertz CT molecular complexity index is 1560. The van der Waals surface area contributed by atoms with Gasteiger partial charge in [0.2, 0.25) is 11.8 Å². The largest absolute Gasteiger partial charge is 0.508 e. The fourth-order valence-corrected chi connectivity index (χ4v) is 5.36. The first-order chi connectivity index (χ1) is 17.5. The van der Waals surface area contributed by atoms with Crippen molar-refractivity contribution in [3.05, 3.63) is 106 Å². The van der Waals surface area contributed by atoms with Gasteiger partial charge in [-0.3, -0.25) is 0 Å². The van der Waals surface area contributed by atoms with Crippen molar-refractivity contribution >= 4 is 17.6 Å². The maximum atomic E-state index is 11.3. The highest BCUT2D eigenvalue weighted by Gasteiger charge is 2.31. The number of aromatic carboxylic acids is 1. The first-order valence-electron chi connectivity index (χ1n) is 11.8. The Kier molecular flexibility index (Phi) is 5.18. The van der Waals surface area contributed by atoms with Crippen molar-refractivity contribution < 1.29 is 20.1 Å². The molecule has 7 heteroatoms. The molecule has 6 rings (SSSR count). The summed E-state index contributed by atoms with van der Waals surface area (Å²) in [5, 5.41) is 33.0. The smallest absolute Gasteiger partial charge is 0.335 e. The first kappa shape index (κ1) is 21.9. The van der Waals surface area contributed by atoms with Gasteiger partial charge in [-0.1, -0.05) is 48.6 Å². The van der Waals surface area contributed by atoms with Crippen molar-refractivity contribution in [2.24, 2.45) is 0 Å². The zero-order valence-electron chi connectivity index (χ0n) is 19.3. The van der Waals surface area contributed by atoms with E-state index >= 15 is 0 Å². The Morgan fingerprint density at radius 1 is 0.944 bits per heavy atom. The molecular weight excluding hydrogens is 454 g/mol. The van der Waals surface area contributed by atoms with Gasteiger partial charge in [0.1, 0.15) is 5.75 Å². The molecule has 2 aliphatic rings. The number of benzene rings is 3. The number of anilines is 2. The molecule has 0 aliphatic heterocycles. The minimum absolute atomic E-state index is 0.0744. The molecular formula is C29H23N3O4. The molecule has 0 amide bonds. The van der Waals surface area contributed by atoms with Crippen molar-refractivity contribution in [2.75, 3.05) is 5.32 Å². The SMILES string of the molecule is O=C(O)c1cc(O)cc(Nc2ncc(C3Cc4ccccc4-c4ccc5c(c43)CC=CC5)c(O)n2)c1. The van der Waals surface area contributed by atoms with Gasteiger partial charge in [-0.15, -0.1) is 0 Å². The van der Waals surface area contributed by atoms with E-state index in [1.807, 2.05) is 6.07 Å². The molecule has 0 radical (unpaired) electrons. The average molecular weight is 478 g/mol. The van der Waals surface area contributed by atoms with E-state index in [-0.39, 0.29) is 29.1 Å². The van der Waals surface area contributed by atoms with E-state index in [0.29, 0.717) is 11.3 Å². The van der Waals surface area contributed by atoms with Gasteiger partial charge in [0.25, 0.3) is 0 Å². The number of hydrogen-bond donors (Lipinski definition) is 4. The normalized spacial score (nSPS) is 15.5. The van der Waals surface area contributed by atoms with Gasteiger partial charge in [0.15, 0.2) is 0 Å². The highest BCUT2D eigenvalue weighted by atomic mass is 16.4. The molecule has 178 valence electrons. The van der Waals surface area contributed by atoms with Gasteiger partial charge in [0.05, 0.1) is 5.56 Å². The van der Waals surface area contributed by atoms with Crippen LogP contribution in [-0.4, -0.2) is 31.3 Å². The molecule has 4 aromatic rings. The van der Waals surface area contributed by atoms with Crippen molar-refractivity contribution in [1.29, 1.82) is 0 Å². The van der Waals surface area contributed by atoms with E-state index in [2.05, 4.69) is 57.8 Å². The number of hydrogen-bond acceptors (Lipinski definition) is 6. The van der Waals surface area contributed by atoms with Gasteiger partial charge in [-0.25, -0.2) is 9.78 Å². The van der Waals surface area contributed by atoms with Crippen LogP contribution in [0.4, 0.5) is 11.6 Å². The summed E-state index contributed by atoms with van der Waals surface area (Å²) in [6.07, 6.45) is 8.49. The van der Waals surface area contributed by atoms with Crippen LogP contribution < -0.4 is 5.32 Å². The lowest BCUT2D eigenvalue weighted by molar-refractivity contribution is 0.0696. The predicted octanol–water partition coefficient (Wildman–Crippen LogP) is 5.34. The first-order valence-corrected chi connectivity index (χ1v) is 11.8. The molecule has 1 atom stereocenters. The number of fused-ring (bicyclic) bond motifs is 5. The number of aromatic nitrogens is 2. The topological polar surface area (TPSA) is 116 Å². The highest BCUT2D eigenvalue weighted by molar-refractivity contribution is 5.89. The van der Waals surface area contributed by atoms with Gasteiger partial charge in [-0.05, 0) is 64.8 Å². The third-order valence-corrected chi connectivity index (χ3v) is 6.95. The Hall–Kier alpha value is -4.65. The van der Waals surface area contributed by atoms with Gasteiger partial charge >= 0.3 is 5.97 Å². The van der Waals surface area contributed by atoms with E-state index < -0.39 is 5.97 Å². The lowest BCUT2D eigenvalue weighted by Gasteiger charge is -2.32. The Labute approximate surface area is 207 Å². The summed E-state index contributed by atoms with van der Waals surface area (Å²) in [6.45, 7) is 0. The molecule has 2 aliphatic carbocycles. The van der Waals surface area contributed by atoms with Crippen LogP contribution in [0.25, 0.3) is 11.1 Å². The lowest BCUT2D eigenvalue weighted by Crippen LogP contribution is -2.18. The lowest BCUT2D eigenvalue weighted by atomic mass is 9.72. The van der Waals surface area contributed by atoms with E-state index in [1.54, 1.807) is 6.20 Å². The minimum Gasteiger partial charge on any atom is -0.508 e. The van der Waals surface area contributed by atoms with Crippen LogP contribution in [-0.2, 0) is 19.3 Å². The molecule has 1 heterocycles. The summed E-state index contributed by atoms with van der Waals surface area (Å²) < 4.78 is 0. The molecule has 4 N–H and O–H groups in total. The maximum absolute atomic E-state index is 11.3. The number of carboxylic acid groups (broad SMARTS) is 1. The third-order valence-electron chi connectivity index (χ3n) is 6.95. The van der Waals surface area contributed by atoms with Gasteiger partial charge in [0, 0.05) is 29.4 Å². The second kappa shape index (κ2) is 8.53. The maximum Gasteiger partial charge on any atom is 0.335 e. The zero-order valence-corrected chi connectivity index (χ0v) is 19.3. The summed E-state index contributed by atoms with van der Waals surface area (Å²) in [6, 6.07) is 16.7. The number of rotatable bonds is 4. The van der Waals surface area contributed by atoms with E-state index in [4.69, 9.17) is 0 Å². The number of carbonyl (C=O) groups is 1. The molecule has 1 aromatic heterocycles. The van der Waals surface area contributed by atoms with Gasteiger partial charge < -0.3 is 20.6 Å². The predicted molar refractivity (Wildman–Crippen MR) is 136 cm³/mol. The number of nitrogens with one attached hydrogen (secondary N) is 1. The summed E-state index contributed by atoms with van der Waals surface area (Å²) in [7, 11) is 0. The van der Waals surface area contributed by atoms with Crippen LogP contribution in [0.3, 0.4) is 0 Å². The number of allylic oxidation sites excluding steroid dienone is 2. The summed E-state index contributed by atoms with van der Waals surface area (Å²) in [5.74, 6) is -1.50. The number of phenolic OH excluding ortho intramolecular Hbond substituents is 1. The monoisotopic (exact) mass is 477 g/mol. The molecule has 1 unspecified atom stereocenters. The number of phenols is 1. The fraction of sp³-hybridized carbons (Fsp3) is 0.138. The number of nitrogens with zero attached hydrogens (tertiary/aromatic N) is 2. The number of carboxylic acids is 1. The van der Waals surface area contributed by atoms with E-state index in [1.165, 1.54) is 45.5 Å². The zero-order chi connectivity index (χ0) is 24.8. The van der Waals surface area contributed by atoms with Gasteiger partial charge in [-0.2, -0.15) is 4.98 Å². The number of aromatic hydroxyl groups is 2. The molecule has 36 heavy (non-hydrogen) atoms. The standard InChI is InChI=1S/C29H23N3O4/c33-20-12-18(28(35)36)11-19(14-20)31-29-30-15-25(27(34)32-29)24-13-17-6-2-3-7-21(17)23-10-9-16-5-1-4-8-22(16)26(23)24/h1-4,6-7,9-12,14-15,24,33H,5,8,13H2,(H,35,36)(H2,30,31,32,34). The molecule has 3 aromatic carbocycles. The molecule has 7 nitrogen and oxygen atoms in total. The average Bonchev–Trinajstić information content (AvgIpc) is 2.87. The Morgan fingerprint density at radius 2 is 1.78 bits per heavy atom. The Balaban J connectivity index is 1.41. The minimum atomic E-state index is -1.16. The fourth-order valence-electron chi connectivity index (χ4n) is 5.36. The van der Waals surface area contributed by atoms with Crippen molar-refractivity contribution in [1.82, 2.24) is 9.97 Å². The van der Waals surface area contributed by atoms with Crippen LogP contribution in [0.1, 0.15) is 44.1 Å². The second-order valence-corrected chi connectivity index (χ2v) is 9.13. The van der Waals surface area contributed by atoms with Crippen molar-refractivity contribution in [3.8, 4) is 22.8 Å². The summed E-state index contributed by atoms with van der Waals surface area (Å²) >= 11 is 0. The molecule has 0 spiro atoms. The van der Waals surface area contributed by atoms with Crippen LogP contribution in [0.15, 0.2) is 72.9 Å². The van der Waals surface area contributed by atoms with Crippen LogP contribution in [0, 0.1) is 0 Å². The molecule has 0 fully saturated rings. The summed E-state index contributed by atoms with van der Waals surface area (Å²) in [4.78, 5) is 20.0. The molecule has 0 bridgehead atoms. The quantitative estimate of drug-likeness (QED) is 0.293. The molecule has 0 saturated heterocycles. The van der Waals surface area contributed by atoms with Crippen molar-refractivity contribution in [3.63, 3.8) is 0 Å². The molecule has 0 saturated carbocycles.